The first-order valence-electron chi connectivity index (χ1n) is 11.0. The molecule has 0 bridgehead atoms. The minimum atomic E-state index is -5.43. The van der Waals surface area contributed by atoms with Gasteiger partial charge in [0.05, 0.1) is 4.90 Å². The number of hydroxylamine groups is 1. The molecule has 4 rings (SSSR count). The summed E-state index contributed by atoms with van der Waals surface area (Å²) in [6.07, 6.45) is -4.76. The van der Waals surface area contributed by atoms with Crippen molar-refractivity contribution < 1.29 is 31.2 Å². The molecule has 2 atom stereocenters. The zero-order valence-corrected chi connectivity index (χ0v) is 21.8. The quantitative estimate of drug-likeness (QED) is 0.267. The second kappa shape index (κ2) is 11.2. The zero-order chi connectivity index (χ0) is 26.8. The van der Waals surface area contributed by atoms with Crippen LogP contribution in [-0.2, 0) is 26.2 Å². The lowest BCUT2D eigenvalue weighted by Gasteiger charge is -2.39. The van der Waals surface area contributed by atoms with E-state index >= 15 is 0 Å². The van der Waals surface area contributed by atoms with Crippen LogP contribution in [0.5, 0.6) is 0 Å². The van der Waals surface area contributed by atoms with Crippen LogP contribution in [-0.4, -0.2) is 76.9 Å². The Labute approximate surface area is 221 Å². The minimum Gasteiger partial charge on any atom is -0.342 e. The smallest absolute Gasteiger partial charge is 0.342 e. The van der Waals surface area contributed by atoms with Gasteiger partial charge in [0, 0.05) is 49.1 Å². The van der Waals surface area contributed by atoms with E-state index in [1.165, 1.54) is 35.3 Å². The number of benzene rings is 2. The van der Waals surface area contributed by atoms with Crippen molar-refractivity contribution in [2.24, 2.45) is 4.40 Å². The van der Waals surface area contributed by atoms with Crippen molar-refractivity contribution in [1.29, 1.82) is 0 Å². The predicted octanol–water partition coefficient (Wildman–Crippen LogP) is 3.66. The number of likely N-dealkylation sites (tertiary alicyclic amines) is 1. The third-order valence-electron chi connectivity index (χ3n) is 5.85. The first-order valence-corrected chi connectivity index (χ1v) is 13.7. The zero-order valence-electron chi connectivity index (χ0n) is 19.5. The molecule has 37 heavy (non-hydrogen) atoms. The normalized spacial score (nSPS) is 21.1. The largest absolute Gasteiger partial charge is 0.492 e. The van der Waals surface area contributed by atoms with E-state index in [2.05, 4.69) is 14.1 Å². The standard InChI is InChI=1S/C22H23ClF3N5O4S2/c1-28(17-12-13-29(15-17)14-16-8-4-2-5-9-16)30-20(23)27-36-21(30)31(35-19(32)22(24,25)26)37(33,34)18-10-6-3-7-11-18/h2-11,17,21H,12-15H2,1H3/t17?,21-/m1/s1. The van der Waals surface area contributed by atoms with Gasteiger partial charge in [-0.05, 0) is 35.7 Å². The maximum Gasteiger partial charge on any atom is 0.492 e. The molecule has 0 saturated carbocycles. The molecule has 0 radical (unpaired) electrons. The van der Waals surface area contributed by atoms with Crippen molar-refractivity contribution in [1.82, 2.24) is 19.4 Å². The molecule has 15 heteroatoms. The molecule has 1 unspecified atom stereocenters. The number of amidine groups is 1. The molecule has 2 heterocycles. The van der Waals surface area contributed by atoms with Crippen LogP contribution < -0.4 is 0 Å². The molecule has 1 fully saturated rings. The molecule has 2 aromatic rings. The van der Waals surface area contributed by atoms with Crippen molar-refractivity contribution >= 4 is 44.8 Å². The summed E-state index contributed by atoms with van der Waals surface area (Å²) >= 11 is 6.85. The first kappa shape index (κ1) is 27.7. The van der Waals surface area contributed by atoms with E-state index in [0.717, 1.165) is 12.1 Å². The fourth-order valence-electron chi connectivity index (χ4n) is 4.00. The van der Waals surface area contributed by atoms with Crippen LogP contribution in [0.4, 0.5) is 13.2 Å². The lowest BCUT2D eigenvalue weighted by molar-refractivity contribution is -0.230. The van der Waals surface area contributed by atoms with Gasteiger partial charge in [-0.25, -0.2) is 23.2 Å². The highest BCUT2D eigenvalue weighted by molar-refractivity contribution is 8.00. The Kier molecular flexibility index (Phi) is 8.35. The van der Waals surface area contributed by atoms with Crippen molar-refractivity contribution in [3.63, 3.8) is 0 Å². The predicted molar refractivity (Wildman–Crippen MR) is 132 cm³/mol. The Morgan fingerprint density at radius 3 is 2.41 bits per heavy atom. The third kappa shape index (κ3) is 6.21. The average molecular weight is 578 g/mol. The average Bonchev–Trinajstić information content (AvgIpc) is 3.49. The van der Waals surface area contributed by atoms with Crippen LogP contribution in [0.2, 0.25) is 0 Å². The number of carbonyl (C=O) groups is 1. The summed E-state index contributed by atoms with van der Waals surface area (Å²) in [5, 5.41) is 2.67. The molecule has 200 valence electrons. The topological polar surface area (TPSA) is 85.8 Å². The van der Waals surface area contributed by atoms with E-state index in [1.807, 2.05) is 30.3 Å². The number of hydrogen-bond acceptors (Lipinski definition) is 9. The number of sulfonamides is 1. The van der Waals surface area contributed by atoms with E-state index in [4.69, 9.17) is 11.6 Å². The van der Waals surface area contributed by atoms with Gasteiger partial charge in [-0.3, -0.25) is 4.90 Å². The first-order chi connectivity index (χ1) is 17.5. The number of hydrazine groups is 1. The van der Waals surface area contributed by atoms with Gasteiger partial charge in [0.25, 0.3) is 10.0 Å². The van der Waals surface area contributed by atoms with Gasteiger partial charge in [0.15, 0.2) is 0 Å². The Morgan fingerprint density at radius 1 is 1.16 bits per heavy atom. The van der Waals surface area contributed by atoms with Crippen LogP contribution in [0, 0.1) is 0 Å². The number of hydrogen-bond donors (Lipinski definition) is 0. The van der Waals surface area contributed by atoms with E-state index in [9.17, 15) is 26.4 Å². The summed E-state index contributed by atoms with van der Waals surface area (Å²) in [7, 11) is -3.11. The van der Waals surface area contributed by atoms with Crippen LogP contribution in [0.25, 0.3) is 0 Å². The fourth-order valence-corrected chi connectivity index (χ4v) is 6.77. The number of nitrogens with zero attached hydrogens (tertiary/aromatic N) is 5. The van der Waals surface area contributed by atoms with Gasteiger partial charge in [0.1, 0.15) is 0 Å². The molecule has 0 aromatic heterocycles. The van der Waals surface area contributed by atoms with Gasteiger partial charge >= 0.3 is 12.1 Å². The minimum absolute atomic E-state index is 0.00882. The molecule has 2 aromatic carbocycles. The van der Waals surface area contributed by atoms with Gasteiger partial charge in [0.2, 0.25) is 10.8 Å². The summed E-state index contributed by atoms with van der Waals surface area (Å²) in [5.41, 5.74) is -0.420. The highest BCUT2D eigenvalue weighted by Gasteiger charge is 2.51. The van der Waals surface area contributed by atoms with E-state index in [1.54, 1.807) is 12.1 Å². The summed E-state index contributed by atoms with van der Waals surface area (Å²) < 4.78 is 70.0. The second-order valence-corrected chi connectivity index (χ2v) is 11.3. The molecular weight excluding hydrogens is 555 g/mol. The monoisotopic (exact) mass is 577 g/mol. The summed E-state index contributed by atoms with van der Waals surface area (Å²) in [6, 6.07) is 16.3. The number of rotatable bonds is 8. The molecule has 0 aliphatic carbocycles. The van der Waals surface area contributed by atoms with Crippen molar-refractivity contribution in [3.8, 4) is 0 Å². The number of likely N-dealkylation sites (N-methyl/N-ethyl adjacent to an activating group) is 1. The third-order valence-corrected chi connectivity index (χ3v) is 8.81. The summed E-state index contributed by atoms with van der Waals surface area (Å²) in [6.45, 7) is 2.01. The van der Waals surface area contributed by atoms with E-state index < -0.39 is 27.7 Å². The molecule has 0 N–H and O–H groups in total. The van der Waals surface area contributed by atoms with Crippen LogP contribution in [0.1, 0.15) is 12.0 Å². The van der Waals surface area contributed by atoms with Crippen molar-refractivity contribution in [3.05, 3.63) is 66.2 Å². The van der Waals surface area contributed by atoms with Crippen molar-refractivity contribution in [2.45, 2.75) is 35.6 Å². The molecule has 2 aliphatic heterocycles. The van der Waals surface area contributed by atoms with Crippen LogP contribution >= 0.6 is 23.5 Å². The van der Waals surface area contributed by atoms with Crippen LogP contribution in [0.3, 0.4) is 0 Å². The Morgan fingerprint density at radius 2 is 1.78 bits per heavy atom. The lowest BCUT2D eigenvalue weighted by Crippen LogP contribution is -2.57. The van der Waals surface area contributed by atoms with Crippen LogP contribution in [0.15, 0.2) is 70.0 Å². The molecule has 1 saturated heterocycles. The van der Waals surface area contributed by atoms with Gasteiger partial charge in [-0.15, -0.1) is 0 Å². The number of alkyl halides is 3. The Balaban J connectivity index is 1.58. The SMILES string of the molecule is CN(C1CCN(Cc2ccccc2)C1)N1C(Cl)=NS[C@H]1N(OC(=O)C(F)(F)F)S(=O)(=O)c1ccccc1. The molecular formula is C22H23ClF3N5O4S2. The van der Waals surface area contributed by atoms with Crippen molar-refractivity contribution in [2.75, 3.05) is 20.1 Å². The maximum atomic E-state index is 13.4. The van der Waals surface area contributed by atoms with Gasteiger partial charge in [-0.1, -0.05) is 48.5 Å². The summed E-state index contributed by atoms with van der Waals surface area (Å²) in [4.78, 5) is 18.1. The maximum absolute atomic E-state index is 13.4. The number of carbonyl (C=O) groups excluding carboxylic acids is 1. The molecule has 2 aliphatic rings. The van der Waals surface area contributed by atoms with E-state index in [0.29, 0.717) is 31.5 Å². The molecule has 0 amide bonds. The lowest BCUT2D eigenvalue weighted by atomic mass is 10.2. The highest BCUT2D eigenvalue weighted by Crippen LogP contribution is 2.37. The Hall–Kier alpha value is -2.36. The van der Waals surface area contributed by atoms with Gasteiger partial charge < -0.3 is 4.84 Å². The highest BCUT2D eigenvalue weighted by atomic mass is 35.5. The Bertz CT molecular complexity index is 1240. The molecule has 0 spiro atoms. The second-order valence-electron chi connectivity index (χ2n) is 8.32. The fraction of sp³-hybridized carbons (Fsp3) is 0.364. The van der Waals surface area contributed by atoms with Gasteiger partial charge in [-0.2, -0.15) is 17.6 Å². The summed E-state index contributed by atoms with van der Waals surface area (Å²) in [5.74, 6) is -2.69. The number of halogens is 4. The molecule has 9 nitrogen and oxygen atoms in total. The van der Waals surface area contributed by atoms with E-state index in [-0.39, 0.29) is 20.7 Å².